The zero-order valence-electron chi connectivity index (χ0n) is 8.44. The number of nitrogens with two attached hydrogens (primary N) is 1. The standard InChI is InChI=1S/C10H17NO2.ClH/c1-13-10(12)8-4-6-2-3-7(5-8)9(6)11;/h6-9H,2-5,11H2,1H3;1H/t6-,7+,8?,9?;. The second kappa shape index (κ2) is 4.49. The van der Waals surface area contributed by atoms with Crippen molar-refractivity contribution in [3.63, 3.8) is 0 Å². The van der Waals surface area contributed by atoms with Crippen molar-refractivity contribution in [1.82, 2.24) is 0 Å². The number of hydrogen-bond donors (Lipinski definition) is 1. The number of ether oxygens (including phenoxy) is 1. The van der Waals surface area contributed by atoms with Gasteiger partial charge in [-0.1, -0.05) is 0 Å². The quantitative estimate of drug-likeness (QED) is 0.678. The molecule has 0 spiro atoms. The third kappa shape index (κ3) is 1.89. The molecule has 0 aromatic rings. The molecule has 14 heavy (non-hydrogen) atoms. The average molecular weight is 220 g/mol. The lowest BCUT2D eigenvalue weighted by atomic mass is 9.78. The SMILES string of the molecule is COC(=O)C1C[C@H]2CC[C@@H](C1)C2N.Cl. The summed E-state index contributed by atoms with van der Waals surface area (Å²) in [5, 5.41) is 0. The molecule has 0 aromatic heterocycles. The Hall–Kier alpha value is -0.280. The molecule has 0 amide bonds. The Labute approximate surface area is 90.8 Å². The van der Waals surface area contributed by atoms with E-state index in [1.165, 1.54) is 20.0 Å². The largest absolute Gasteiger partial charge is 0.469 e. The fourth-order valence-corrected chi connectivity index (χ4v) is 2.93. The Morgan fingerprint density at radius 2 is 1.79 bits per heavy atom. The van der Waals surface area contributed by atoms with E-state index in [9.17, 15) is 4.79 Å². The van der Waals surface area contributed by atoms with E-state index < -0.39 is 0 Å². The van der Waals surface area contributed by atoms with Gasteiger partial charge >= 0.3 is 5.97 Å². The fraction of sp³-hybridized carbons (Fsp3) is 0.900. The predicted octanol–water partition coefficient (Wildman–Crippen LogP) is 1.34. The van der Waals surface area contributed by atoms with Gasteiger partial charge in [-0.05, 0) is 37.5 Å². The summed E-state index contributed by atoms with van der Waals surface area (Å²) in [6.45, 7) is 0. The number of fused-ring (bicyclic) bond motifs is 2. The molecule has 3 nitrogen and oxygen atoms in total. The average Bonchev–Trinajstić information content (AvgIpc) is 2.42. The number of rotatable bonds is 1. The maximum absolute atomic E-state index is 11.3. The minimum Gasteiger partial charge on any atom is -0.469 e. The number of methoxy groups -OCH3 is 1. The zero-order chi connectivity index (χ0) is 9.42. The van der Waals surface area contributed by atoms with Crippen molar-refractivity contribution in [2.24, 2.45) is 23.5 Å². The second-order valence-electron chi connectivity index (χ2n) is 4.37. The topological polar surface area (TPSA) is 52.3 Å². The summed E-state index contributed by atoms with van der Waals surface area (Å²) in [7, 11) is 1.47. The van der Waals surface area contributed by atoms with Crippen LogP contribution in [-0.4, -0.2) is 19.1 Å². The molecule has 0 aromatic carbocycles. The monoisotopic (exact) mass is 219 g/mol. The summed E-state index contributed by atoms with van der Waals surface area (Å²) in [5.41, 5.74) is 6.04. The lowest BCUT2D eigenvalue weighted by Crippen LogP contribution is -2.39. The number of carbonyl (C=O) groups is 1. The highest BCUT2D eigenvalue weighted by atomic mass is 35.5. The molecule has 0 saturated heterocycles. The van der Waals surface area contributed by atoms with Crippen molar-refractivity contribution in [3.05, 3.63) is 0 Å². The summed E-state index contributed by atoms with van der Waals surface area (Å²) < 4.78 is 4.77. The van der Waals surface area contributed by atoms with Crippen LogP contribution in [0.15, 0.2) is 0 Å². The van der Waals surface area contributed by atoms with Crippen LogP contribution in [0.5, 0.6) is 0 Å². The van der Waals surface area contributed by atoms with Crippen molar-refractivity contribution in [1.29, 1.82) is 0 Å². The van der Waals surface area contributed by atoms with Crippen molar-refractivity contribution < 1.29 is 9.53 Å². The van der Waals surface area contributed by atoms with Crippen molar-refractivity contribution in [2.75, 3.05) is 7.11 Å². The zero-order valence-corrected chi connectivity index (χ0v) is 9.26. The normalized spacial score (nSPS) is 40.1. The van der Waals surface area contributed by atoms with Gasteiger partial charge in [0.1, 0.15) is 0 Å². The Balaban J connectivity index is 0.000000980. The number of hydrogen-bond acceptors (Lipinski definition) is 3. The van der Waals surface area contributed by atoms with Gasteiger partial charge in [-0.3, -0.25) is 4.79 Å². The summed E-state index contributed by atoms with van der Waals surface area (Å²) in [6.07, 6.45) is 4.31. The van der Waals surface area contributed by atoms with Gasteiger partial charge in [0.2, 0.25) is 0 Å². The molecule has 4 atom stereocenters. The van der Waals surface area contributed by atoms with Crippen LogP contribution in [0, 0.1) is 17.8 Å². The Bertz CT molecular complexity index is 208. The molecule has 2 aliphatic rings. The van der Waals surface area contributed by atoms with E-state index in [2.05, 4.69) is 0 Å². The van der Waals surface area contributed by atoms with Gasteiger partial charge in [0.15, 0.2) is 0 Å². The maximum atomic E-state index is 11.3. The third-order valence-corrected chi connectivity index (χ3v) is 3.71. The second-order valence-corrected chi connectivity index (χ2v) is 4.37. The van der Waals surface area contributed by atoms with E-state index in [-0.39, 0.29) is 24.3 Å². The number of esters is 1. The van der Waals surface area contributed by atoms with E-state index in [1.807, 2.05) is 0 Å². The van der Waals surface area contributed by atoms with Gasteiger partial charge in [-0.2, -0.15) is 0 Å². The van der Waals surface area contributed by atoms with Crippen LogP contribution in [-0.2, 0) is 9.53 Å². The summed E-state index contributed by atoms with van der Waals surface area (Å²) >= 11 is 0. The molecular formula is C10H18ClNO2. The molecule has 2 N–H and O–H groups in total. The lowest BCUT2D eigenvalue weighted by molar-refractivity contribution is -0.147. The molecule has 2 unspecified atom stereocenters. The number of carbonyl (C=O) groups excluding carboxylic acids is 1. The molecule has 0 heterocycles. The molecule has 0 radical (unpaired) electrons. The highest BCUT2D eigenvalue weighted by molar-refractivity contribution is 5.85. The van der Waals surface area contributed by atoms with E-state index in [1.54, 1.807) is 0 Å². The van der Waals surface area contributed by atoms with E-state index >= 15 is 0 Å². The molecule has 2 fully saturated rings. The van der Waals surface area contributed by atoms with Crippen molar-refractivity contribution in [3.8, 4) is 0 Å². The predicted molar refractivity (Wildman–Crippen MR) is 56.2 cm³/mol. The van der Waals surface area contributed by atoms with E-state index in [0.717, 1.165) is 12.8 Å². The molecule has 2 aliphatic carbocycles. The molecular weight excluding hydrogens is 202 g/mol. The van der Waals surface area contributed by atoms with Gasteiger partial charge < -0.3 is 10.5 Å². The lowest BCUT2D eigenvalue weighted by Gasteiger charge is -2.31. The van der Waals surface area contributed by atoms with Gasteiger partial charge in [0, 0.05) is 6.04 Å². The first-order valence-corrected chi connectivity index (χ1v) is 5.05. The van der Waals surface area contributed by atoms with Crippen LogP contribution in [0.25, 0.3) is 0 Å². The first-order valence-electron chi connectivity index (χ1n) is 5.05. The fourth-order valence-electron chi connectivity index (χ4n) is 2.93. The highest BCUT2D eigenvalue weighted by Gasteiger charge is 2.43. The van der Waals surface area contributed by atoms with Crippen LogP contribution in [0.2, 0.25) is 0 Å². The van der Waals surface area contributed by atoms with Crippen LogP contribution in [0.1, 0.15) is 25.7 Å². The maximum Gasteiger partial charge on any atom is 0.308 e. The Kier molecular flexibility index (Phi) is 3.78. The summed E-state index contributed by atoms with van der Waals surface area (Å²) in [4.78, 5) is 11.3. The van der Waals surface area contributed by atoms with Gasteiger partial charge in [0.05, 0.1) is 13.0 Å². The van der Waals surface area contributed by atoms with Crippen molar-refractivity contribution in [2.45, 2.75) is 31.7 Å². The van der Waals surface area contributed by atoms with Gasteiger partial charge in [-0.15, -0.1) is 12.4 Å². The molecule has 0 aliphatic heterocycles. The molecule has 2 rings (SSSR count). The molecule has 2 saturated carbocycles. The van der Waals surface area contributed by atoms with E-state index in [0.29, 0.717) is 17.9 Å². The molecule has 82 valence electrons. The minimum atomic E-state index is -0.0381. The minimum absolute atomic E-state index is 0. The van der Waals surface area contributed by atoms with Gasteiger partial charge in [-0.25, -0.2) is 0 Å². The smallest absolute Gasteiger partial charge is 0.308 e. The third-order valence-electron chi connectivity index (χ3n) is 3.71. The summed E-state index contributed by atoms with van der Waals surface area (Å²) in [6, 6.07) is 0.348. The first kappa shape index (κ1) is 11.8. The van der Waals surface area contributed by atoms with Crippen LogP contribution >= 0.6 is 12.4 Å². The molecule has 2 bridgehead atoms. The summed E-state index contributed by atoms with van der Waals surface area (Å²) in [5.74, 6) is 1.23. The van der Waals surface area contributed by atoms with E-state index in [4.69, 9.17) is 10.5 Å². The Morgan fingerprint density at radius 3 is 2.21 bits per heavy atom. The highest BCUT2D eigenvalue weighted by Crippen LogP contribution is 2.44. The molecule has 4 heteroatoms. The Morgan fingerprint density at radius 1 is 1.29 bits per heavy atom. The van der Waals surface area contributed by atoms with Crippen LogP contribution in [0.4, 0.5) is 0 Å². The van der Waals surface area contributed by atoms with Crippen molar-refractivity contribution >= 4 is 18.4 Å². The van der Waals surface area contributed by atoms with Gasteiger partial charge in [0.25, 0.3) is 0 Å². The first-order chi connectivity index (χ1) is 6.22. The number of halogens is 1. The van der Waals surface area contributed by atoms with Crippen LogP contribution in [0.3, 0.4) is 0 Å². The van der Waals surface area contributed by atoms with Crippen LogP contribution < -0.4 is 5.73 Å².